The van der Waals surface area contributed by atoms with Crippen LogP contribution in [0, 0.1) is 18.7 Å². The molecule has 0 fully saturated rings. The average molecular weight is 403 g/mol. The summed E-state index contributed by atoms with van der Waals surface area (Å²) in [7, 11) is 0. The topological polar surface area (TPSA) is 69.6 Å². The third-order valence-electron chi connectivity index (χ3n) is 3.97. The number of carbonyl (C=O) groups excluding carboxylic acids is 1. The fraction of sp³-hybridized carbons (Fsp3) is 0.316. The molecule has 0 aliphatic heterocycles. The maximum absolute atomic E-state index is 13.1. The van der Waals surface area contributed by atoms with Crippen LogP contribution in [-0.2, 0) is 11.2 Å². The summed E-state index contributed by atoms with van der Waals surface area (Å²) >= 11 is 0. The van der Waals surface area contributed by atoms with Crippen LogP contribution in [0.1, 0.15) is 22.8 Å². The van der Waals surface area contributed by atoms with E-state index < -0.39 is 42.1 Å². The summed E-state index contributed by atoms with van der Waals surface area (Å²) in [4.78, 5) is 11.5. The smallest absolute Gasteiger partial charge is 0.461 e. The summed E-state index contributed by atoms with van der Waals surface area (Å²) in [5, 5.41) is 21.8. The lowest BCUT2D eigenvalue weighted by molar-refractivity contribution is -0.314. The van der Waals surface area contributed by atoms with Crippen LogP contribution in [0.4, 0.5) is 22.0 Å². The monoisotopic (exact) mass is 403 g/mol. The number of aliphatic hydroxyl groups excluding tert-OH is 1. The second kappa shape index (κ2) is 8.55. The van der Waals surface area contributed by atoms with Gasteiger partial charge in [0.05, 0.1) is 6.10 Å². The molecule has 0 heterocycles. The van der Waals surface area contributed by atoms with Gasteiger partial charge in [0.25, 0.3) is 0 Å². The Morgan fingerprint density at radius 3 is 2.32 bits per heavy atom. The van der Waals surface area contributed by atoms with Crippen molar-refractivity contribution in [3.63, 3.8) is 0 Å². The van der Waals surface area contributed by atoms with Crippen LogP contribution in [0.3, 0.4) is 0 Å². The second-order valence-corrected chi connectivity index (χ2v) is 6.24. The van der Waals surface area contributed by atoms with Crippen LogP contribution in [0.25, 0.3) is 0 Å². The molecule has 2 unspecified atom stereocenters. The zero-order chi connectivity index (χ0) is 21.1. The maximum Gasteiger partial charge on any atom is 0.461 e. The Bertz CT molecular complexity index is 824. The van der Waals surface area contributed by atoms with E-state index in [1.165, 1.54) is 25.1 Å². The first-order valence-electron chi connectivity index (χ1n) is 8.09. The number of aryl methyl sites for hydroxylation is 1. The first-order valence-corrected chi connectivity index (χ1v) is 8.09. The predicted octanol–water partition coefficient (Wildman–Crippen LogP) is 3.01. The number of rotatable bonds is 8. The maximum atomic E-state index is 13.1. The highest BCUT2D eigenvalue weighted by atomic mass is 19.3. The average Bonchev–Trinajstić information content (AvgIpc) is 2.58. The fourth-order valence-corrected chi connectivity index (χ4v) is 2.67. The van der Waals surface area contributed by atoms with Crippen molar-refractivity contribution in [3.05, 3.63) is 65.0 Å². The number of aliphatic carboxylic acids is 1. The number of halogens is 5. The van der Waals surface area contributed by atoms with Gasteiger partial charge in [0, 0.05) is 11.9 Å². The van der Waals surface area contributed by atoms with Crippen molar-refractivity contribution in [1.29, 1.82) is 0 Å². The van der Waals surface area contributed by atoms with Gasteiger partial charge < -0.3 is 19.7 Å². The molecule has 0 aliphatic carbocycles. The minimum absolute atomic E-state index is 0.115. The minimum atomic E-state index is -4.72. The molecular weight excluding hydrogens is 387 g/mol. The van der Waals surface area contributed by atoms with Gasteiger partial charge in [0.2, 0.25) is 0 Å². The van der Waals surface area contributed by atoms with Crippen LogP contribution >= 0.6 is 0 Å². The summed E-state index contributed by atoms with van der Waals surface area (Å²) < 4.78 is 67.9. The Balaban J connectivity index is 2.27. The van der Waals surface area contributed by atoms with Crippen molar-refractivity contribution in [2.24, 2.45) is 5.92 Å². The normalized spacial score (nSPS) is 14.0. The van der Waals surface area contributed by atoms with E-state index in [2.05, 4.69) is 4.74 Å². The molecule has 9 heteroatoms. The molecule has 1 N–H and O–H groups in total. The van der Waals surface area contributed by atoms with E-state index in [1.807, 2.05) is 0 Å². The number of aliphatic hydroxyl groups is 1. The number of carboxylic acids is 1. The lowest BCUT2D eigenvalue weighted by Crippen LogP contribution is -2.36. The van der Waals surface area contributed by atoms with Gasteiger partial charge in [-0.15, -0.1) is 0 Å². The van der Waals surface area contributed by atoms with E-state index in [-0.39, 0.29) is 17.5 Å². The Hall–Kier alpha value is -2.68. The fourth-order valence-electron chi connectivity index (χ4n) is 2.67. The predicted molar refractivity (Wildman–Crippen MR) is 86.3 cm³/mol. The molecule has 0 aliphatic rings. The van der Waals surface area contributed by atoms with Crippen molar-refractivity contribution in [1.82, 2.24) is 0 Å². The summed E-state index contributed by atoms with van der Waals surface area (Å²) in [6, 6.07) is 7.97. The van der Waals surface area contributed by atoms with Gasteiger partial charge in [0.15, 0.2) is 0 Å². The lowest BCUT2D eigenvalue weighted by Gasteiger charge is -2.25. The van der Waals surface area contributed by atoms with Crippen molar-refractivity contribution < 1.29 is 41.7 Å². The number of benzene rings is 2. The van der Waals surface area contributed by atoms with Gasteiger partial charge in [-0.3, -0.25) is 0 Å². The van der Waals surface area contributed by atoms with Crippen molar-refractivity contribution in [2.75, 3.05) is 0 Å². The van der Waals surface area contributed by atoms with Gasteiger partial charge in [-0.05, 0) is 54.3 Å². The molecule has 0 bridgehead atoms. The Morgan fingerprint density at radius 1 is 1.18 bits per heavy atom. The highest BCUT2D eigenvalue weighted by Crippen LogP contribution is 2.31. The van der Waals surface area contributed by atoms with E-state index in [9.17, 15) is 37.0 Å². The van der Waals surface area contributed by atoms with E-state index in [0.717, 1.165) is 24.3 Å². The minimum Gasteiger partial charge on any atom is -0.550 e. The Kier molecular flexibility index (Phi) is 6.60. The third kappa shape index (κ3) is 5.41. The number of carboxylic acid groups (broad SMARTS) is 1. The van der Waals surface area contributed by atoms with Gasteiger partial charge >= 0.3 is 12.5 Å². The van der Waals surface area contributed by atoms with Gasteiger partial charge in [-0.25, -0.2) is 4.39 Å². The molecule has 2 aromatic rings. The highest BCUT2D eigenvalue weighted by molar-refractivity contribution is 5.69. The van der Waals surface area contributed by atoms with E-state index in [0.29, 0.717) is 5.56 Å². The van der Waals surface area contributed by atoms with Gasteiger partial charge in [-0.2, -0.15) is 17.6 Å². The van der Waals surface area contributed by atoms with Crippen LogP contribution in [0.2, 0.25) is 0 Å². The number of carbonyl (C=O) groups is 1. The van der Waals surface area contributed by atoms with Crippen LogP contribution in [0.5, 0.6) is 5.75 Å². The first-order chi connectivity index (χ1) is 13.0. The molecule has 0 saturated heterocycles. The standard InChI is InChI=1S/C19H17F5O4/c1-10-6-11(8-14(7-10)28-19(23,24)18(21)22)9-15(17(26)27)16(25)12-2-4-13(20)5-3-12/h2-8,15-16,18,25H,9H2,1H3,(H,26,27)/p-1. The molecule has 0 saturated carbocycles. The third-order valence-corrected chi connectivity index (χ3v) is 3.97. The quantitative estimate of drug-likeness (QED) is 0.688. The molecule has 0 spiro atoms. The zero-order valence-corrected chi connectivity index (χ0v) is 14.5. The Labute approximate surface area is 157 Å². The highest BCUT2D eigenvalue weighted by Gasteiger charge is 2.44. The first kappa shape index (κ1) is 21.6. The summed E-state index contributed by atoms with van der Waals surface area (Å²) in [5.74, 6) is -4.29. The molecule has 2 atom stereocenters. The number of alkyl halides is 4. The van der Waals surface area contributed by atoms with Crippen molar-refractivity contribution in [2.45, 2.75) is 32.0 Å². The van der Waals surface area contributed by atoms with E-state index in [4.69, 9.17) is 0 Å². The summed E-state index contributed by atoms with van der Waals surface area (Å²) in [5.41, 5.74) is 0.616. The molecule has 2 rings (SSSR count). The van der Waals surface area contributed by atoms with Crippen molar-refractivity contribution >= 4 is 5.97 Å². The summed E-state index contributed by atoms with van der Waals surface area (Å²) in [6.45, 7) is 1.47. The van der Waals surface area contributed by atoms with E-state index >= 15 is 0 Å². The number of ether oxygens (including phenoxy) is 1. The molecule has 0 amide bonds. The van der Waals surface area contributed by atoms with Crippen LogP contribution < -0.4 is 9.84 Å². The van der Waals surface area contributed by atoms with Crippen molar-refractivity contribution in [3.8, 4) is 5.75 Å². The number of hydrogen-bond donors (Lipinski definition) is 1. The molecular formula is C19H16F5O4-. The van der Waals surface area contributed by atoms with Crippen LogP contribution in [0.15, 0.2) is 42.5 Å². The molecule has 152 valence electrons. The molecule has 0 radical (unpaired) electrons. The van der Waals surface area contributed by atoms with E-state index in [1.54, 1.807) is 0 Å². The largest absolute Gasteiger partial charge is 0.550 e. The molecule has 2 aromatic carbocycles. The molecule has 0 aromatic heterocycles. The molecule has 28 heavy (non-hydrogen) atoms. The number of hydrogen-bond acceptors (Lipinski definition) is 4. The summed E-state index contributed by atoms with van der Waals surface area (Å²) in [6.07, 6.45) is -10.7. The second-order valence-electron chi connectivity index (χ2n) is 6.24. The SMILES string of the molecule is Cc1cc(CC(C(=O)[O-])C(O)c2ccc(F)cc2)cc(OC(F)(F)C(F)F)c1. The van der Waals surface area contributed by atoms with Gasteiger partial charge in [0.1, 0.15) is 11.6 Å². The Morgan fingerprint density at radius 2 is 1.79 bits per heavy atom. The van der Waals surface area contributed by atoms with Gasteiger partial charge in [-0.1, -0.05) is 18.2 Å². The molecule has 4 nitrogen and oxygen atoms in total. The van der Waals surface area contributed by atoms with Crippen LogP contribution in [-0.4, -0.2) is 23.6 Å². The lowest BCUT2D eigenvalue weighted by atomic mass is 9.89. The zero-order valence-electron chi connectivity index (χ0n) is 14.5.